The highest BCUT2D eigenvalue weighted by atomic mass is 15.0. The van der Waals surface area contributed by atoms with E-state index in [1.54, 1.807) is 0 Å². The summed E-state index contributed by atoms with van der Waals surface area (Å²) in [5.74, 6) is 0.665. The molecule has 1 N–H and O–H groups in total. The van der Waals surface area contributed by atoms with Crippen molar-refractivity contribution in [3.05, 3.63) is 35.9 Å². The minimum Gasteiger partial charge on any atom is -0.307 e. The van der Waals surface area contributed by atoms with Crippen molar-refractivity contribution in [2.75, 3.05) is 0 Å². The lowest BCUT2D eigenvalue weighted by Crippen LogP contribution is -2.27. The zero-order chi connectivity index (χ0) is 9.97. The molecule has 1 heteroatoms. The summed E-state index contributed by atoms with van der Waals surface area (Å²) in [4.78, 5) is 0. The van der Waals surface area contributed by atoms with Crippen molar-refractivity contribution in [1.29, 1.82) is 0 Å². The molecule has 0 bridgehead atoms. The van der Waals surface area contributed by atoms with Crippen molar-refractivity contribution >= 4 is 0 Å². The van der Waals surface area contributed by atoms with Crippen LogP contribution in [0.25, 0.3) is 0 Å². The molecule has 1 nitrogen and oxygen atoms in total. The van der Waals surface area contributed by atoms with Gasteiger partial charge in [0.2, 0.25) is 0 Å². The Balaban J connectivity index is 2.09. The van der Waals surface area contributed by atoms with Gasteiger partial charge in [-0.25, -0.2) is 0 Å². The molecule has 0 aliphatic heterocycles. The lowest BCUT2D eigenvalue weighted by atomic mass is 9.96. The Morgan fingerprint density at radius 3 is 2.29 bits per heavy atom. The highest BCUT2D eigenvalue weighted by molar-refractivity contribution is 5.19. The lowest BCUT2D eigenvalue weighted by molar-refractivity contribution is 0.409. The Morgan fingerprint density at radius 1 is 1.14 bits per heavy atom. The van der Waals surface area contributed by atoms with Gasteiger partial charge in [-0.3, -0.25) is 0 Å². The van der Waals surface area contributed by atoms with Gasteiger partial charge in [0.1, 0.15) is 0 Å². The zero-order valence-electron chi connectivity index (χ0n) is 9.03. The smallest absolute Gasteiger partial charge is 0.0345 e. The fraction of sp³-hybridized carbons (Fsp3) is 0.538. The molecule has 1 aliphatic rings. The van der Waals surface area contributed by atoms with E-state index in [1.807, 2.05) is 0 Å². The van der Waals surface area contributed by atoms with E-state index < -0.39 is 0 Å². The summed E-state index contributed by atoms with van der Waals surface area (Å²) in [5.41, 5.74) is 1.43. The molecular weight excluding hydrogens is 170 g/mol. The van der Waals surface area contributed by atoms with E-state index in [4.69, 9.17) is 0 Å². The van der Waals surface area contributed by atoms with Gasteiger partial charge >= 0.3 is 0 Å². The average Bonchev–Trinajstić information content (AvgIpc) is 2.99. The molecule has 1 aliphatic carbocycles. The van der Waals surface area contributed by atoms with E-state index in [0.717, 1.165) is 6.04 Å². The quantitative estimate of drug-likeness (QED) is 0.767. The molecule has 14 heavy (non-hydrogen) atoms. The molecule has 1 aromatic carbocycles. The van der Waals surface area contributed by atoms with Gasteiger partial charge < -0.3 is 5.32 Å². The SMILES string of the molecule is CC(C)[C@@H](NC1CC1)c1ccccc1. The van der Waals surface area contributed by atoms with Crippen LogP contribution in [-0.4, -0.2) is 6.04 Å². The van der Waals surface area contributed by atoms with Crippen molar-refractivity contribution in [3.63, 3.8) is 0 Å². The maximum atomic E-state index is 3.71. The molecule has 2 rings (SSSR count). The molecule has 1 fully saturated rings. The van der Waals surface area contributed by atoms with Crippen LogP contribution in [0.3, 0.4) is 0 Å². The van der Waals surface area contributed by atoms with Gasteiger partial charge in [-0.2, -0.15) is 0 Å². The summed E-state index contributed by atoms with van der Waals surface area (Å²) in [7, 11) is 0. The van der Waals surface area contributed by atoms with Crippen LogP contribution in [0.15, 0.2) is 30.3 Å². The van der Waals surface area contributed by atoms with Gasteiger partial charge in [-0.15, -0.1) is 0 Å². The van der Waals surface area contributed by atoms with Crippen LogP contribution in [0.2, 0.25) is 0 Å². The van der Waals surface area contributed by atoms with E-state index in [9.17, 15) is 0 Å². The maximum Gasteiger partial charge on any atom is 0.0345 e. The first-order chi connectivity index (χ1) is 6.77. The second-order valence-corrected chi connectivity index (χ2v) is 4.57. The first-order valence-corrected chi connectivity index (χ1v) is 5.58. The van der Waals surface area contributed by atoms with Crippen LogP contribution in [-0.2, 0) is 0 Å². The molecular formula is C13H19N. The van der Waals surface area contributed by atoms with Crippen LogP contribution in [0.5, 0.6) is 0 Å². The third kappa shape index (κ3) is 2.36. The standard InChI is InChI=1S/C13H19N/c1-10(2)13(14-12-8-9-12)11-6-4-3-5-7-11/h3-7,10,12-14H,8-9H2,1-2H3/t13-/m1/s1. The van der Waals surface area contributed by atoms with E-state index >= 15 is 0 Å². The van der Waals surface area contributed by atoms with E-state index in [1.165, 1.54) is 18.4 Å². The summed E-state index contributed by atoms with van der Waals surface area (Å²) in [5, 5.41) is 3.71. The largest absolute Gasteiger partial charge is 0.307 e. The number of benzene rings is 1. The fourth-order valence-corrected chi connectivity index (χ4v) is 1.84. The Hall–Kier alpha value is -0.820. The molecule has 0 saturated heterocycles. The summed E-state index contributed by atoms with van der Waals surface area (Å²) < 4.78 is 0. The number of rotatable bonds is 4. The molecule has 0 unspecified atom stereocenters. The molecule has 0 heterocycles. The highest BCUT2D eigenvalue weighted by Gasteiger charge is 2.26. The van der Waals surface area contributed by atoms with Gasteiger partial charge in [0.05, 0.1) is 0 Å². The molecule has 0 amide bonds. The third-order valence-electron chi connectivity index (χ3n) is 2.82. The van der Waals surface area contributed by atoms with Gasteiger partial charge in [0.15, 0.2) is 0 Å². The van der Waals surface area contributed by atoms with Crippen molar-refractivity contribution in [2.45, 2.75) is 38.8 Å². The van der Waals surface area contributed by atoms with Crippen LogP contribution in [0.4, 0.5) is 0 Å². The molecule has 1 saturated carbocycles. The van der Waals surface area contributed by atoms with Crippen LogP contribution < -0.4 is 5.32 Å². The molecule has 1 atom stereocenters. The van der Waals surface area contributed by atoms with Crippen molar-refractivity contribution < 1.29 is 0 Å². The second-order valence-electron chi connectivity index (χ2n) is 4.57. The summed E-state index contributed by atoms with van der Waals surface area (Å²) in [6.45, 7) is 4.57. The average molecular weight is 189 g/mol. The Kier molecular flexibility index (Phi) is 2.87. The molecule has 0 spiro atoms. The minimum atomic E-state index is 0.531. The molecule has 0 radical (unpaired) electrons. The summed E-state index contributed by atoms with van der Waals surface area (Å²) >= 11 is 0. The molecule has 0 aromatic heterocycles. The normalized spacial score (nSPS) is 18.5. The van der Waals surface area contributed by atoms with E-state index in [0.29, 0.717) is 12.0 Å². The molecule has 76 valence electrons. The number of nitrogens with one attached hydrogen (secondary N) is 1. The third-order valence-corrected chi connectivity index (χ3v) is 2.82. The zero-order valence-corrected chi connectivity index (χ0v) is 9.03. The van der Waals surface area contributed by atoms with Crippen molar-refractivity contribution in [1.82, 2.24) is 5.32 Å². The van der Waals surface area contributed by atoms with Gasteiger partial charge in [-0.05, 0) is 24.3 Å². The monoisotopic (exact) mass is 189 g/mol. The van der Waals surface area contributed by atoms with Crippen LogP contribution in [0, 0.1) is 5.92 Å². The molecule has 1 aromatic rings. The fourth-order valence-electron chi connectivity index (χ4n) is 1.84. The van der Waals surface area contributed by atoms with Gasteiger partial charge in [0, 0.05) is 12.1 Å². The number of hydrogen-bond acceptors (Lipinski definition) is 1. The predicted molar refractivity (Wildman–Crippen MR) is 60.2 cm³/mol. The second kappa shape index (κ2) is 4.14. The summed E-state index contributed by atoms with van der Waals surface area (Å²) in [6.07, 6.45) is 2.71. The van der Waals surface area contributed by atoms with Crippen molar-refractivity contribution in [3.8, 4) is 0 Å². The Bertz CT molecular complexity index is 275. The Labute approximate surface area is 86.5 Å². The van der Waals surface area contributed by atoms with Crippen LogP contribution in [0.1, 0.15) is 38.3 Å². The van der Waals surface area contributed by atoms with Crippen molar-refractivity contribution in [2.24, 2.45) is 5.92 Å². The minimum absolute atomic E-state index is 0.531. The van der Waals surface area contributed by atoms with Gasteiger partial charge in [0.25, 0.3) is 0 Å². The maximum absolute atomic E-state index is 3.71. The summed E-state index contributed by atoms with van der Waals surface area (Å²) in [6, 6.07) is 12.1. The first kappa shape index (κ1) is 9.72. The highest BCUT2D eigenvalue weighted by Crippen LogP contribution is 2.28. The van der Waals surface area contributed by atoms with Gasteiger partial charge in [-0.1, -0.05) is 44.2 Å². The predicted octanol–water partition coefficient (Wildman–Crippen LogP) is 3.14. The van der Waals surface area contributed by atoms with E-state index in [2.05, 4.69) is 49.5 Å². The first-order valence-electron chi connectivity index (χ1n) is 5.58. The Morgan fingerprint density at radius 2 is 1.79 bits per heavy atom. The topological polar surface area (TPSA) is 12.0 Å². The van der Waals surface area contributed by atoms with E-state index in [-0.39, 0.29) is 0 Å². The number of hydrogen-bond donors (Lipinski definition) is 1. The van der Waals surface area contributed by atoms with Crippen LogP contribution >= 0.6 is 0 Å². The lowest BCUT2D eigenvalue weighted by Gasteiger charge is -2.22.